The maximum atomic E-state index is 10.0. The van der Waals surface area contributed by atoms with Gasteiger partial charge in [-0.2, -0.15) is 0 Å². The van der Waals surface area contributed by atoms with Gasteiger partial charge in [0.1, 0.15) is 17.1 Å². The fourth-order valence-electron chi connectivity index (χ4n) is 6.50. The molecule has 2 unspecified atom stereocenters. The summed E-state index contributed by atoms with van der Waals surface area (Å²) in [7, 11) is 0. The lowest BCUT2D eigenvalue weighted by Crippen LogP contribution is -2.59. The molecule has 0 radical (unpaired) electrons. The number of hydrogen-bond acceptors (Lipinski definition) is 3. The highest BCUT2D eigenvalue weighted by Gasteiger charge is 2.52. The summed E-state index contributed by atoms with van der Waals surface area (Å²) in [5.74, 6) is 3.80. The quantitative estimate of drug-likeness (QED) is 0.793. The van der Waals surface area contributed by atoms with Crippen molar-refractivity contribution < 1.29 is 9.52 Å². The van der Waals surface area contributed by atoms with Gasteiger partial charge in [0.05, 0.1) is 0 Å². The van der Waals surface area contributed by atoms with Gasteiger partial charge in [0.15, 0.2) is 0 Å². The van der Waals surface area contributed by atoms with Crippen LogP contribution in [-0.4, -0.2) is 28.6 Å². The molecule has 3 aliphatic heterocycles. The third kappa shape index (κ3) is 2.43. The minimum Gasteiger partial charge on any atom is -0.508 e. The number of rotatable bonds is 4. The van der Waals surface area contributed by atoms with Crippen molar-refractivity contribution in [3.63, 3.8) is 0 Å². The van der Waals surface area contributed by atoms with Gasteiger partial charge < -0.3 is 9.52 Å². The molecule has 1 N–H and O–H groups in total. The second-order valence-electron chi connectivity index (χ2n) is 8.95. The Bertz CT molecular complexity index is 810. The Morgan fingerprint density at radius 3 is 2.81 bits per heavy atom. The highest BCUT2D eigenvalue weighted by Crippen LogP contribution is 2.53. The van der Waals surface area contributed by atoms with Crippen molar-refractivity contribution in [3.8, 4) is 5.75 Å². The van der Waals surface area contributed by atoms with Gasteiger partial charge in [0.2, 0.25) is 0 Å². The standard InChI is InChI=1S/C23H31NO2/c1-3-5-15-9-14-10-20-22(15)24(13-14)16(6-4-2)11-19-18-12-17(25)7-8-21(18)26-23(19)20/h7-8,12,14-16,20,22,25H,3-6,9-11,13H2,1-2H3/t14-,15+,16+,20+,22?/m0/s1. The summed E-state index contributed by atoms with van der Waals surface area (Å²) < 4.78 is 6.48. The molecule has 1 saturated carbocycles. The first-order chi connectivity index (χ1) is 12.7. The molecule has 1 aromatic carbocycles. The predicted octanol–water partition coefficient (Wildman–Crippen LogP) is 5.46. The predicted molar refractivity (Wildman–Crippen MR) is 105 cm³/mol. The molecule has 3 fully saturated rings. The van der Waals surface area contributed by atoms with Crippen LogP contribution < -0.4 is 0 Å². The van der Waals surface area contributed by atoms with Crippen LogP contribution in [0.5, 0.6) is 5.75 Å². The molecule has 2 saturated heterocycles. The Hall–Kier alpha value is -1.48. The van der Waals surface area contributed by atoms with Crippen LogP contribution in [0, 0.1) is 11.8 Å². The minimum absolute atomic E-state index is 0.353. The number of phenolic OH excluding ortho intramolecular Hbond substituents is 1. The summed E-state index contributed by atoms with van der Waals surface area (Å²) in [6.07, 6.45) is 8.92. The topological polar surface area (TPSA) is 36.6 Å². The highest BCUT2D eigenvalue weighted by atomic mass is 16.3. The van der Waals surface area contributed by atoms with Gasteiger partial charge in [-0.15, -0.1) is 0 Å². The van der Waals surface area contributed by atoms with Gasteiger partial charge in [0.25, 0.3) is 0 Å². The molecule has 1 aromatic heterocycles. The van der Waals surface area contributed by atoms with Gasteiger partial charge in [0, 0.05) is 35.5 Å². The molecule has 140 valence electrons. The van der Waals surface area contributed by atoms with Crippen molar-refractivity contribution >= 4 is 11.0 Å². The Kier molecular flexibility index (Phi) is 4.04. The third-order valence-corrected chi connectivity index (χ3v) is 7.30. The molecule has 4 bridgehead atoms. The molecule has 0 spiro atoms. The van der Waals surface area contributed by atoms with Crippen molar-refractivity contribution in [2.24, 2.45) is 11.8 Å². The maximum absolute atomic E-state index is 10.0. The Labute approximate surface area is 156 Å². The van der Waals surface area contributed by atoms with Crippen molar-refractivity contribution in [2.75, 3.05) is 6.54 Å². The maximum Gasteiger partial charge on any atom is 0.134 e. The first-order valence-electron chi connectivity index (χ1n) is 10.7. The number of nitrogens with zero attached hydrogens (tertiary/aromatic N) is 1. The zero-order valence-electron chi connectivity index (χ0n) is 16.1. The summed E-state index contributed by atoms with van der Waals surface area (Å²) >= 11 is 0. The first kappa shape index (κ1) is 16.7. The Morgan fingerprint density at radius 2 is 2.00 bits per heavy atom. The monoisotopic (exact) mass is 353 g/mol. The van der Waals surface area contributed by atoms with Gasteiger partial charge in [-0.05, 0) is 62.1 Å². The number of fused-ring (bicyclic) bond motifs is 4. The molecule has 6 atom stereocenters. The van der Waals surface area contributed by atoms with E-state index in [2.05, 4.69) is 18.7 Å². The molecular formula is C23H31NO2. The van der Waals surface area contributed by atoms with Crippen molar-refractivity contribution in [1.82, 2.24) is 4.90 Å². The van der Waals surface area contributed by atoms with Gasteiger partial charge in [-0.1, -0.05) is 26.7 Å². The smallest absolute Gasteiger partial charge is 0.134 e. The summed E-state index contributed by atoms with van der Waals surface area (Å²) in [6, 6.07) is 6.92. The number of aromatic hydroxyl groups is 1. The van der Waals surface area contributed by atoms with Crippen LogP contribution >= 0.6 is 0 Å². The average molecular weight is 354 g/mol. The van der Waals surface area contributed by atoms with Crippen molar-refractivity contribution in [1.29, 1.82) is 0 Å². The van der Waals surface area contributed by atoms with Crippen LogP contribution in [0.1, 0.15) is 69.6 Å². The lowest BCUT2D eigenvalue weighted by atomic mass is 9.65. The second kappa shape index (κ2) is 6.30. The first-order valence-corrected chi connectivity index (χ1v) is 10.7. The molecule has 3 nitrogen and oxygen atoms in total. The molecule has 1 aliphatic carbocycles. The van der Waals surface area contributed by atoms with Crippen molar-refractivity contribution in [3.05, 3.63) is 29.5 Å². The van der Waals surface area contributed by atoms with E-state index in [1.807, 2.05) is 12.1 Å². The largest absolute Gasteiger partial charge is 0.508 e. The van der Waals surface area contributed by atoms with Gasteiger partial charge in [-0.3, -0.25) is 4.90 Å². The summed E-state index contributed by atoms with van der Waals surface area (Å²) in [4.78, 5) is 2.89. The molecular weight excluding hydrogens is 322 g/mol. The summed E-state index contributed by atoms with van der Waals surface area (Å²) in [6.45, 7) is 5.94. The van der Waals surface area contributed by atoms with E-state index < -0.39 is 0 Å². The summed E-state index contributed by atoms with van der Waals surface area (Å²) in [5, 5.41) is 11.2. The van der Waals surface area contributed by atoms with Crippen LogP contribution in [0.25, 0.3) is 11.0 Å². The van der Waals surface area contributed by atoms with Crippen LogP contribution in [0.3, 0.4) is 0 Å². The van der Waals surface area contributed by atoms with Crippen LogP contribution in [0.2, 0.25) is 0 Å². The van der Waals surface area contributed by atoms with Crippen molar-refractivity contribution in [2.45, 2.75) is 76.8 Å². The Morgan fingerprint density at radius 1 is 1.15 bits per heavy atom. The number of phenols is 1. The van der Waals surface area contributed by atoms with E-state index in [0.29, 0.717) is 23.8 Å². The Balaban J connectivity index is 1.66. The van der Waals surface area contributed by atoms with E-state index in [0.717, 1.165) is 29.2 Å². The third-order valence-electron chi connectivity index (χ3n) is 7.30. The van der Waals surface area contributed by atoms with Crippen LogP contribution in [-0.2, 0) is 6.42 Å². The minimum atomic E-state index is 0.353. The normalized spacial score (nSPS) is 35.5. The second-order valence-corrected chi connectivity index (χ2v) is 8.95. The van der Waals surface area contributed by atoms with E-state index in [1.54, 1.807) is 6.07 Å². The lowest BCUT2D eigenvalue weighted by Gasteiger charge is -2.55. The van der Waals surface area contributed by atoms with Crippen LogP contribution in [0.4, 0.5) is 0 Å². The fourth-order valence-corrected chi connectivity index (χ4v) is 6.50. The van der Waals surface area contributed by atoms with Gasteiger partial charge >= 0.3 is 0 Å². The van der Waals surface area contributed by atoms with Gasteiger partial charge in [-0.25, -0.2) is 0 Å². The molecule has 26 heavy (non-hydrogen) atoms. The number of piperidine rings is 2. The fraction of sp³-hybridized carbons (Fsp3) is 0.652. The molecule has 4 heterocycles. The summed E-state index contributed by atoms with van der Waals surface area (Å²) in [5.41, 5.74) is 2.36. The van der Waals surface area contributed by atoms with Crippen LogP contribution in [0.15, 0.2) is 22.6 Å². The van der Waals surface area contributed by atoms with E-state index in [1.165, 1.54) is 56.4 Å². The molecule has 6 rings (SSSR count). The molecule has 4 aliphatic rings. The zero-order valence-corrected chi connectivity index (χ0v) is 16.1. The highest BCUT2D eigenvalue weighted by molar-refractivity contribution is 5.84. The lowest BCUT2D eigenvalue weighted by molar-refractivity contribution is -0.0458. The number of furan rings is 1. The van der Waals surface area contributed by atoms with E-state index in [-0.39, 0.29) is 0 Å². The van der Waals surface area contributed by atoms with E-state index >= 15 is 0 Å². The SMILES string of the molecule is CCC[C@@H]1C[C@H]2C[C@H]3c4oc5ccc(O)cc5c4C[C@@H](CCC)N(C2)C13. The van der Waals surface area contributed by atoms with E-state index in [4.69, 9.17) is 4.42 Å². The molecule has 2 aromatic rings. The van der Waals surface area contributed by atoms with E-state index in [9.17, 15) is 5.11 Å². The number of benzene rings is 1. The molecule has 0 amide bonds. The number of hydrogen-bond donors (Lipinski definition) is 1. The zero-order chi connectivity index (χ0) is 17.8. The average Bonchev–Trinajstić information content (AvgIpc) is 2.95. The molecule has 3 heteroatoms.